The monoisotopic (exact) mass is 428 g/mol. The van der Waals surface area contributed by atoms with Crippen LogP contribution in [0.3, 0.4) is 0 Å². The predicted octanol–water partition coefficient (Wildman–Crippen LogP) is 1.60. The summed E-state index contributed by atoms with van der Waals surface area (Å²) in [6, 6.07) is 6.59. The highest BCUT2D eigenvalue weighted by molar-refractivity contribution is 7.79. The van der Waals surface area contributed by atoms with Crippen LogP contribution in [0.5, 0.6) is 11.5 Å². The minimum absolute atomic E-state index is 0.00676. The number of hydrogen-bond acceptors (Lipinski definition) is 7. The number of nitrogens with zero attached hydrogens (tertiary/aromatic N) is 1. The van der Waals surface area contributed by atoms with Crippen LogP contribution >= 0.6 is 0 Å². The molecule has 4 rings (SSSR count). The Bertz CT molecular complexity index is 1100. The Hall–Kier alpha value is -3.04. The maximum Gasteiger partial charge on any atom is 0.254 e. The van der Waals surface area contributed by atoms with E-state index in [1.54, 1.807) is 4.90 Å². The molecule has 30 heavy (non-hydrogen) atoms. The lowest BCUT2D eigenvalue weighted by Gasteiger charge is -2.32. The number of aromatic hydroxyl groups is 2. The van der Waals surface area contributed by atoms with Crippen molar-refractivity contribution in [2.75, 3.05) is 18.8 Å². The first-order valence-electron chi connectivity index (χ1n) is 9.41. The van der Waals surface area contributed by atoms with Gasteiger partial charge in [-0.05, 0) is 37.0 Å². The Morgan fingerprint density at radius 1 is 1.03 bits per heavy atom. The van der Waals surface area contributed by atoms with Crippen LogP contribution in [-0.2, 0) is 11.1 Å². The van der Waals surface area contributed by atoms with Gasteiger partial charge in [-0.25, -0.2) is 0 Å². The van der Waals surface area contributed by atoms with Gasteiger partial charge in [-0.3, -0.25) is 18.6 Å². The van der Waals surface area contributed by atoms with Gasteiger partial charge < -0.3 is 19.7 Å². The quantitative estimate of drug-likeness (QED) is 0.605. The second-order valence-electron chi connectivity index (χ2n) is 7.48. The number of fused-ring (bicyclic) bond motifs is 2. The summed E-state index contributed by atoms with van der Waals surface area (Å²) >= 11 is -2.13. The third-order valence-corrected chi connectivity index (χ3v) is 6.37. The third kappa shape index (κ3) is 3.40. The van der Waals surface area contributed by atoms with Crippen molar-refractivity contribution in [3.63, 3.8) is 0 Å². The number of hydrogen-bond donors (Lipinski definition) is 2. The van der Waals surface area contributed by atoms with E-state index < -0.39 is 34.3 Å². The molecule has 0 spiro atoms. The van der Waals surface area contributed by atoms with Gasteiger partial charge in [0.15, 0.2) is 5.78 Å². The van der Waals surface area contributed by atoms with Gasteiger partial charge in [-0.1, -0.05) is 23.2 Å². The molecule has 0 saturated carbocycles. The first-order chi connectivity index (χ1) is 14.3. The summed E-state index contributed by atoms with van der Waals surface area (Å²) in [5.74, 6) is -2.44. The van der Waals surface area contributed by atoms with E-state index in [-0.39, 0.29) is 45.2 Å². The molecule has 1 amide bonds. The van der Waals surface area contributed by atoms with Crippen molar-refractivity contribution in [2.24, 2.45) is 5.92 Å². The van der Waals surface area contributed by atoms with E-state index in [9.17, 15) is 33.4 Å². The second-order valence-corrected chi connectivity index (χ2v) is 8.42. The molecular formula is C21H18NO7S-. The fourth-order valence-corrected chi connectivity index (χ4v) is 4.80. The van der Waals surface area contributed by atoms with Crippen molar-refractivity contribution in [2.45, 2.75) is 12.8 Å². The number of likely N-dealkylation sites (tertiary alicyclic amines) is 1. The molecule has 1 atom stereocenters. The van der Waals surface area contributed by atoms with Gasteiger partial charge in [0, 0.05) is 35.5 Å². The lowest BCUT2D eigenvalue weighted by Crippen LogP contribution is -2.39. The summed E-state index contributed by atoms with van der Waals surface area (Å²) in [6.07, 6.45) is 1.08. The first kappa shape index (κ1) is 20.2. The van der Waals surface area contributed by atoms with E-state index in [1.165, 1.54) is 24.3 Å². The van der Waals surface area contributed by atoms with Crippen molar-refractivity contribution < 1.29 is 33.4 Å². The summed E-state index contributed by atoms with van der Waals surface area (Å²) in [5.41, 5.74) is -0.396. The third-order valence-electron chi connectivity index (χ3n) is 5.62. The summed E-state index contributed by atoms with van der Waals surface area (Å²) in [5, 5.41) is 20.4. The highest BCUT2D eigenvalue weighted by Crippen LogP contribution is 2.37. The SMILES string of the molecule is O=C1c2cccc(O)c2C(=O)c2c(O)cc(C(=O)N3CCC(CS(=O)[O-])CC3)cc21. The van der Waals surface area contributed by atoms with Crippen LogP contribution in [0.2, 0.25) is 0 Å². The van der Waals surface area contributed by atoms with Gasteiger partial charge in [-0.2, -0.15) is 0 Å². The number of phenols is 2. The fraction of sp³-hybridized carbons (Fsp3) is 0.286. The van der Waals surface area contributed by atoms with E-state index in [4.69, 9.17) is 0 Å². The number of benzene rings is 2. The van der Waals surface area contributed by atoms with Crippen LogP contribution in [0, 0.1) is 5.92 Å². The number of carbonyl (C=O) groups is 3. The highest BCUT2D eigenvalue weighted by atomic mass is 32.2. The molecule has 1 saturated heterocycles. The maximum absolute atomic E-state index is 12.9. The summed E-state index contributed by atoms with van der Waals surface area (Å²) in [4.78, 5) is 40.1. The summed E-state index contributed by atoms with van der Waals surface area (Å²) in [6.45, 7) is 0.726. The molecule has 1 fully saturated rings. The average molecular weight is 428 g/mol. The van der Waals surface area contributed by atoms with Crippen LogP contribution in [0.4, 0.5) is 0 Å². The van der Waals surface area contributed by atoms with Gasteiger partial charge in [0.2, 0.25) is 5.78 Å². The van der Waals surface area contributed by atoms with Crippen molar-refractivity contribution in [3.05, 3.63) is 58.1 Å². The van der Waals surface area contributed by atoms with Crippen LogP contribution < -0.4 is 0 Å². The molecule has 1 heterocycles. The highest BCUT2D eigenvalue weighted by Gasteiger charge is 2.35. The number of phenolic OH excluding ortho intramolecular Hbond substituents is 2. The molecule has 0 bridgehead atoms. The van der Waals surface area contributed by atoms with Crippen LogP contribution in [0.1, 0.15) is 55.0 Å². The van der Waals surface area contributed by atoms with Crippen molar-refractivity contribution in [1.29, 1.82) is 0 Å². The minimum Gasteiger partial charge on any atom is -0.772 e. The van der Waals surface area contributed by atoms with E-state index in [0.29, 0.717) is 25.9 Å². The molecule has 8 nitrogen and oxygen atoms in total. The molecular weight excluding hydrogens is 410 g/mol. The largest absolute Gasteiger partial charge is 0.772 e. The van der Waals surface area contributed by atoms with Crippen LogP contribution in [0.15, 0.2) is 30.3 Å². The van der Waals surface area contributed by atoms with E-state index in [0.717, 1.165) is 6.07 Å². The Labute approximate surface area is 174 Å². The molecule has 0 aromatic heterocycles. The van der Waals surface area contributed by atoms with Crippen LogP contribution in [-0.4, -0.2) is 60.2 Å². The molecule has 2 N–H and O–H groups in total. The van der Waals surface area contributed by atoms with Gasteiger partial charge in [0.05, 0.1) is 11.1 Å². The Balaban J connectivity index is 1.64. The summed E-state index contributed by atoms with van der Waals surface area (Å²) < 4.78 is 21.7. The van der Waals surface area contributed by atoms with Gasteiger partial charge in [0.1, 0.15) is 11.5 Å². The van der Waals surface area contributed by atoms with E-state index >= 15 is 0 Å². The Morgan fingerprint density at radius 2 is 1.70 bits per heavy atom. The number of rotatable bonds is 3. The van der Waals surface area contributed by atoms with Gasteiger partial charge in [0.25, 0.3) is 5.91 Å². The average Bonchev–Trinajstić information content (AvgIpc) is 2.71. The normalized spacial score (nSPS) is 17.4. The van der Waals surface area contributed by atoms with Crippen molar-refractivity contribution >= 4 is 28.6 Å². The zero-order valence-corrected chi connectivity index (χ0v) is 16.6. The lowest BCUT2D eigenvalue weighted by molar-refractivity contribution is 0.0697. The fourth-order valence-electron chi connectivity index (χ4n) is 4.08. The number of ketones is 2. The molecule has 1 aliphatic heterocycles. The predicted molar refractivity (Wildman–Crippen MR) is 105 cm³/mol. The molecule has 0 radical (unpaired) electrons. The zero-order chi connectivity index (χ0) is 21.6. The molecule has 2 aromatic rings. The number of amides is 1. The molecule has 2 aromatic carbocycles. The topological polar surface area (TPSA) is 135 Å². The molecule has 9 heteroatoms. The van der Waals surface area contributed by atoms with E-state index in [1.807, 2.05) is 0 Å². The molecule has 1 unspecified atom stereocenters. The van der Waals surface area contributed by atoms with Crippen molar-refractivity contribution in [3.8, 4) is 11.5 Å². The summed E-state index contributed by atoms with van der Waals surface area (Å²) in [7, 11) is 0. The Morgan fingerprint density at radius 3 is 2.37 bits per heavy atom. The van der Waals surface area contributed by atoms with Crippen LogP contribution in [0.25, 0.3) is 0 Å². The molecule has 156 valence electrons. The smallest absolute Gasteiger partial charge is 0.254 e. The zero-order valence-electron chi connectivity index (χ0n) is 15.8. The Kier molecular flexibility index (Phi) is 5.17. The maximum atomic E-state index is 12.9. The molecule has 1 aliphatic carbocycles. The molecule has 2 aliphatic rings. The minimum atomic E-state index is -2.13. The standard InChI is InChI=1S/C21H19NO7S/c23-15-3-1-2-13-17(15)20(26)18-14(19(13)25)8-12(9-16(18)24)21(27)22-6-4-11(5-7-22)10-30(28)29/h1-3,8-9,11,23-24H,4-7,10H2,(H,28,29)/p-1. The van der Waals surface area contributed by atoms with E-state index in [2.05, 4.69) is 0 Å². The lowest BCUT2D eigenvalue weighted by atomic mass is 9.82. The van der Waals surface area contributed by atoms with Gasteiger partial charge in [-0.15, -0.1) is 0 Å². The second kappa shape index (κ2) is 7.66. The van der Waals surface area contributed by atoms with Gasteiger partial charge >= 0.3 is 0 Å². The number of carbonyl (C=O) groups excluding carboxylic acids is 3. The van der Waals surface area contributed by atoms with Crippen molar-refractivity contribution in [1.82, 2.24) is 4.90 Å². The first-order valence-corrected chi connectivity index (χ1v) is 10.7. The number of piperidine rings is 1.